The summed E-state index contributed by atoms with van der Waals surface area (Å²) in [6, 6.07) is 1.93. The van der Waals surface area contributed by atoms with E-state index in [0.29, 0.717) is 10.4 Å². The molecule has 0 atom stereocenters. The molecule has 0 saturated heterocycles. The molecule has 1 aliphatic rings. The molecule has 1 aliphatic carbocycles. The molecule has 0 bridgehead atoms. The van der Waals surface area contributed by atoms with Crippen molar-refractivity contribution in [2.75, 3.05) is 0 Å². The van der Waals surface area contributed by atoms with Crippen molar-refractivity contribution < 1.29 is 9.59 Å². The van der Waals surface area contributed by atoms with Gasteiger partial charge in [-0.05, 0) is 30.9 Å². The highest BCUT2D eigenvalue weighted by Crippen LogP contribution is 2.43. The first-order valence-corrected chi connectivity index (χ1v) is 6.57. The highest BCUT2D eigenvalue weighted by molar-refractivity contribution is 7.18. The highest BCUT2D eigenvalue weighted by atomic mass is 32.1. The second kappa shape index (κ2) is 3.12. The molecule has 2 heterocycles. The lowest BCUT2D eigenvalue weighted by atomic mass is 9.93. The van der Waals surface area contributed by atoms with Crippen molar-refractivity contribution in [1.29, 1.82) is 0 Å². The van der Waals surface area contributed by atoms with E-state index in [1.165, 1.54) is 11.3 Å². The Morgan fingerprint density at radius 3 is 2.56 bits per heavy atom. The molecule has 3 rings (SSSR count). The number of hydrogen-bond donors (Lipinski definition) is 0. The molecule has 0 aromatic carbocycles. The van der Waals surface area contributed by atoms with Gasteiger partial charge in [-0.2, -0.15) is 0 Å². The average Bonchev–Trinajstić information content (AvgIpc) is 2.82. The number of fused-ring (bicyclic) bond motifs is 3. The largest absolute Gasteiger partial charge is 0.285 e. The van der Waals surface area contributed by atoms with Gasteiger partial charge in [-0.3, -0.25) is 9.59 Å². The molecule has 0 spiro atoms. The Labute approximate surface area is 101 Å². The van der Waals surface area contributed by atoms with Gasteiger partial charge in [-0.1, -0.05) is 0 Å². The maximum Gasteiger partial charge on any atom is 0.244 e. The zero-order chi connectivity index (χ0) is 11.4. The summed E-state index contributed by atoms with van der Waals surface area (Å²) in [7, 11) is 0. The van der Waals surface area contributed by atoms with Crippen LogP contribution < -0.4 is 0 Å². The SMILES string of the molecule is Cc1sc2c(c1C)C(=O)C(=O)c1sccc1-2. The van der Waals surface area contributed by atoms with Gasteiger partial charge in [0, 0.05) is 20.9 Å². The molecule has 4 heteroatoms. The fourth-order valence-corrected chi connectivity index (χ4v) is 4.06. The van der Waals surface area contributed by atoms with Crippen molar-refractivity contribution in [3.63, 3.8) is 0 Å². The number of hydrogen-bond acceptors (Lipinski definition) is 4. The second-order valence-electron chi connectivity index (χ2n) is 3.81. The van der Waals surface area contributed by atoms with Crippen LogP contribution in [0.3, 0.4) is 0 Å². The average molecular weight is 248 g/mol. The lowest BCUT2D eigenvalue weighted by Gasteiger charge is -2.10. The maximum atomic E-state index is 12.0. The summed E-state index contributed by atoms with van der Waals surface area (Å²) in [5.74, 6) is -0.690. The molecule has 0 aliphatic heterocycles. The first-order chi connectivity index (χ1) is 7.61. The van der Waals surface area contributed by atoms with Crippen LogP contribution in [-0.4, -0.2) is 11.6 Å². The monoisotopic (exact) mass is 248 g/mol. The lowest BCUT2D eigenvalue weighted by Crippen LogP contribution is -2.18. The zero-order valence-corrected chi connectivity index (χ0v) is 10.4. The van der Waals surface area contributed by atoms with Crippen LogP contribution in [0.1, 0.15) is 30.5 Å². The quantitative estimate of drug-likeness (QED) is 0.669. The third-order valence-corrected chi connectivity index (χ3v) is 5.09. The Morgan fingerprint density at radius 2 is 1.81 bits per heavy atom. The fraction of sp³-hybridized carbons (Fsp3) is 0.167. The normalized spacial score (nSPS) is 13.9. The topological polar surface area (TPSA) is 34.1 Å². The van der Waals surface area contributed by atoms with E-state index in [4.69, 9.17) is 0 Å². The molecule has 0 radical (unpaired) electrons. The molecule has 80 valence electrons. The summed E-state index contributed by atoms with van der Waals surface area (Å²) in [4.78, 5) is 26.5. The van der Waals surface area contributed by atoms with E-state index in [2.05, 4.69) is 0 Å². The summed E-state index contributed by atoms with van der Waals surface area (Å²) >= 11 is 2.96. The third-order valence-electron chi connectivity index (χ3n) is 2.93. The van der Waals surface area contributed by atoms with Gasteiger partial charge < -0.3 is 0 Å². The van der Waals surface area contributed by atoms with Crippen molar-refractivity contribution >= 4 is 34.2 Å². The standard InChI is InChI=1S/C12H8O2S2/c1-5-6(2)16-11-7-3-4-15-12(7)10(14)9(13)8(5)11/h3-4H,1-2H3. The molecular weight excluding hydrogens is 240 g/mol. The number of ketones is 2. The number of carbonyl (C=O) groups is 2. The van der Waals surface area contributed by atoms with E-state index < -0.39 is 0 Å². The molecular formula is C12H8O2S2. The molecule has 2 aromatic rings. The van der Waals surface area contributed by atoms with Gasteiger partial charge in [0.15, 0.2) is 0 Å². The van der Waals surface area contributed by atoms with Crippen LogP contribution in [0.5, 0.6) is 0 Å². The summed E-state index contributed by atoms with van der Waals surface area (Å²) in [5.41, 5.74) is 2.51. The van der Waals surface area contributed by atoms with Gasteiger partial charge in [0.25, 0.3) is 0 Å². The van der Waals surface area contributed by atoms with E-state index in [-0.39, 0.29) is 11.6 Å². The second-order valence-corrected chi connectivity index (χ2v) is 5.95. The summed E-state index contributed by atoms with van der Waals surface area (Å²) in [5, 5.41) is 1.87. The van der Waals surface area contributed by atoms with Gasteiger partial charge in [0.05, 0.1) is 4.88 Å². The van der Waals surface area contributed by atoms with E-state index in [0.717, 1.165) is 20.9 Å². The van der Waals surface area contributed by atoms with Gasteiger partial charge in [-0.25, -0.2) is 0 Å². The molecule has 2 aromatic heterocycles. The number of thiophene rings is 2. The lowest BCUT2D eigenvalue weighted by molar-refractivity contribution is 0.0818. The van der Waals surface area contributed by atoms with E-state index in [1.807, 2.05) is 25.3 Å². The highest BCUT2D eigenvalue weighted by Gasteiger charge is 2.34. The van der Waals surface area contributed by atoms with E-state index >= 15 is 0 Å². The minimum atomic E-state index is -0.349. The first-order valence-electron chi connectivity index (χ1n) is 4.88. The molecule has 0 amide bonds. The van der Waals surface area contributed by atoms with Crippen molar-refractivity contribution in [1.82, 2.24) is 0 Å². The Morgan fingerprint density at radius 1 is 1.06 bits per heavy atom. The van der Waals surface area contributed by atoms with Gasteiger partial charge in [0.2, 0.25) is 11.6 Å². The smallest absolute Gasteiger partial charge is 0.244 e. The Bertz CT molecular complexity index is 631. The van der Waals surface area contributed by atoms with Crippen molar-refractivity contribution in [3.8, 4) is 10.4 Å². The Hall–Kier alpha value is -1.26. The van der Waals surface area contributed by atoms with Crippen LogP contribution in [-0.2, 0) is 0 Å². The molecule has 0 fully saturated rings. The molecule has 0 saturated carbocycles. The number of Topliss-reactive ketones (excluding diaryl/α,β-unsaturated/α-hetero) is 2. The van der Waals surface area contributed by atoms with Crippen LogP contribution in [0.25, 0.3) is 10.4 Å². The van der Waals surface area contributed by atoms with E-state index in [9.17, 15) is 9.59 Å². The first kappa shape index (κ1) is 9.93. The maximum absolute atomic E-state index is 12.0. The molecule has 2 nitrogen and oxygen atoms in total. The predicted molar refractivity (Wildman–Crippen MR) is 65.8 cm³/mol. The molecule has 0 unspecified atom stereocenters. The van der Waals surface area contributed by atoms with Crippen molar-refractivity contribution in [2.45, 2.75) is 13.8 Å². The number of carbonyl (C=O) groups excluding carboxylic acids is 2. The summed E-state index contributed by atoms with van der Waals surface area (Å²) in [6.07, 6.45) is 0. The molecule has 16 heavy (non-hydrogen) atoms. The van der Waals surface area contributed by atoms with Crippen molar-refractivity contribution in [3.05, 3.63) is 32.3 Å². The summed E-state index contributed by atoms with van der Waals surface area (Å²) in [6.45, 7) is 3.90. The summed E-state index contributed by atoms with van der Waals surface area (Å²) < 4.78 is 0. The molecule has 0 N–H and O–H groups in total. The zero-order valence-electron chi connectivity index (χ0n) is 8.79. The number of rotatable bonds is 0. The third kappa shape index (κ3) is 1.06. The van der Waals surface area contributed by atoms with Crippen LogP contribution in [0, 0.1) is 13.8 Å². The van der Waals surface area contributed by atoms with Crippen molar-refractivity contribution in [2.24, 2.45) is 0 Å². The Kier molecular flexibility index (Phi) is 1.94. The van der Waals surface area contributed by atoms with Crippen LogP contribution in [0.4, 0.5) is 0 Å². The van der Waals surface area contributed by atoms with Crippen LogP contribution in [0.2, 0.25) is 0 Å². The predicted octanol–water partition coefficient (Wildman–Crippen LogP) is 3.47. The van der Waals surface area contributed by atoms with E-state index in [1.54, 1.807) is 11.3 Å². The number of aryl methyl sites for hydroxylation is 1. The minimum absolute atomic E-state index is 0.341. The van der Waals surface area contributed by atoms with Gasteiger partial charge >= 0.3 is 0 Å². The van der Waals surface area contributed by atoms with Crippen LogP contribution >= 0.6 is 22.7 Å². The minimum Gasteiger partial charge on any atom is -0.285 e. The van der Waals surface area contributed by atoms with Gasteiger partial charge in [-0.15, -0.1) is 22.7 Å². The fourth-order valence-electron chi connectivity index (χ4n) is 1.97. The Balaban J connectivity index is 2.44. The van der Waals surface area contributed by atoms with Crippen LogP contribution in [0.15, 0.2) is 11.4 Å². The van der Waals surface area contributed by atoms with Gasteiger partial charge in [0.1, 0.15) is 0 Å².